The van der Waals surface area contributed by atoms with Crippen molar-refractivity contribution in [2.24, 2.45) is 4.99 Å². The number of rotatable bonds is 3. The summed E-state index contributed by atoms with van der Waals surface area (Å²) < 4.78 is 31.0. The van der Waals surface area contributed by atoms with Crippen LogP contribution >= 0.6 is 0 Å². The molecule has 0 unspecified atom stereocenters. The average Bonchev–Trinajstić information content (AvgIpc) is 2.56. The first-order valence-electron chi connectivity index (χ1n) is 3.50. The van der Waals surface area contributed by atoms with Crippen molar-refractivity contribution in [1.82, 2.24) is 5.32 Å². The van der Waals surface area contributed by atoms with Crippen LogP contribution in [0.1, 0.15) is 0 Å². The Balaban J connectivity index is 0.000000243. The maximum Gasteiger partial charge on any atom is 0.397 e. The fraction of sp³-hybridized carbons (Fsp3) is 0.500. The zero-order chi connectivity index (χ0) is 10.2. The van der Waals surface area contributed by atoms with E-state index in [-0.39, 0.29) is 6.61 Å². The van der Waals surface area contributed by atoms with Gasteiger partial charge in [-0.1, -0.05) is 6.08 Å². The third-order valence-corrected chi connectivity index (χ3v) is 1.34. The molecule has 7 heteroatoms. The molecule has 0 amide bonds. The Morgan fingerprint density at radius 2 is 2.46 bits per heavy atom. The normalized spacial score (nSPS) is 14.2. The van der Waals surface area contributed by atoms with Crippen molar-refractivity contribution >= 4 is 16.7 Å². The van der Waals surface area contributed by atoms with E-state index in [9.17, 15) is 8.42 Å². The molecule has 1 heterocycles. The van der Waals surface area contributed by atoms with Crippen LogP contribution in [0.4, 0.5) is 0 Å². The van der Waals surface area contributed by atoms with Gasteiger partial charge in [-0.2, -0.15) is 8.42 Å². The van der Waals surface area contributed by atoms with Crippen molar-refractivity contribution in [3.8, 4) is 0 Å². The van der Waals surface area contributed by atoms with E-state index < -0.39 is 10.4 Å². The summed E-state index contributed by atoms with van der Waals surface area (Å²) in [7, 11) is -4.26. The molecule has 0 fully saturated rings. The highest BCUT2D eigenvalue weighted by atomic mass is 32.3. The Labute approximate surface area is 77.3 Å². The van der Waals surface area contributed by atoms with Crippen LogP contribution in [0.5, 0.6) is 0 Å². The summed E-state index contributed by atoms with van der Waals surface area (Å²) in [6, 6.07) is 0. The van der Waals surface area contributed by atoms with Gasteiger partial charge in [0.2, 0.25) is 0 Å². The van der Waals surface area contributed by atoms with Gasteiger partial charge in [-0.25, -0.2) is 4.18 Å². The van der Waals surface area contributed by atoms with E-state index in [2.05, 4.69) is 21.1 Å². The predicted octanol–water partition coefficient (Wildman–Crippen LogP) is -0.390. The van der Waals surface area contributed by atoms with E-state index in [4.69, 9.17) is 4.55 Å². The number of hydrogen-bond donors (Lipinski definition) is 2. The van der Waals surface area contributed by atoms with Crippen LogP contribution in [0.25, 0.3) is 0 Å². The summed E-state index contributed by atoms with van der Waals surface area (Å²) in [5.41, 5.74) is 0. The number of hydrogen-bond acceptors (Lipinski definition) is 5. The van der Waals surface area contributed by atoms with Gasteiger partial charge in [-0.3, -0.25) is 9.55 Å². The molecule has 0 aromatic carbocycles. The molecule has 2 N–H and O–H groups in total. The molecule has 0 aromatic rings. The Kier molecular flexibility index (Phi) is 6.11. The lowest BCUT2D eigenvalue weighted by Gasteiger charge is -1.90. The van der Waals surface area contributed by atoms with Crippen LogP contribution in [-0.4, -0.2) is 39.0 Å². The van der Waals surface area contributed by atoms with Gasteiger partial charge < -0.3 is 5.32 Å². The predicted molar refractivity (Wildman–Crippen MR) is 49.1 cm³/mol. The Morgan fingerprint density at radius 1 is 1.77 bits per heavy atom. The maximum absolute atomic E-state index is 9.68. The molecule has 0 spiro atoms. The van der Waals surface area contributed by atoms with Gasteiger partial charge >= 0.3 is 10.4 Å². The van der Waals surface area contributed by atoms with Gasteiger partial charge in [-0.05, 0) is 0 Å². The second-order valence-corrected chi connectivity index (χ2v) is 3.08. The molecule has 13 heavy (non-hydrogen) atoms. The van der Waals surface area contributed by atoms with Gasteiger partial charge in [0.15, 0.2) is 0 Å². The van der Waals surface area contributed by atoms with E-state index in [0.29, 0.717) is 0 Å². The molecule has 1 aliphatic heterocycles. The van der Waals surface area contributed by atoms with Crippen LogP contribution < -0.4 is 5.32 Å². The first-order chi connectivity index (χ1) is 6.06. The molecule has 76 valence electrons. The Bertz CT molecular complexity index is 254. The molecule has 0 saturated heterocycles. The average molecular weight is 208 g/mol. The van der Waals surface area contributed by atoms with Crippen molar-refractivity contribution in [2.45, 2.75) is 0 Å². The summed E-state index contributed by atoms with van der Waals surface area (Å²) in [6.45, 7) is 4.95. The van der Waals surface area contributed by atoms with Gasteiger partial charge in [0.05, 0.1) is 19.5 Å². The van der Waals surface area contributed by atoms with E-state index in [1.807, 2.05) is 0 Å². The monoisotopic (exact) mass is 208 g/mol. The highest BCUT2D eigenvalue weighted by Crippen LogP contribution is 1.83. The lowest BCUT2D eigenvalue weighted by Crippen LogP contribution is -2.04. The third-order valence-electron chi connectivity index (χ3n) is 0.903. The highest BCUT2D eigenvalue weighted by Gasteiger charge is 1.99. The molecule has 6 nitrogen and oxygen atoms in total. The quantitative estimate of drug-likeness (QED) is 0.487. The fourth-order valence-corrected chi connectivity index (χ4v) is 0.725. The van der Waals surface area contributed by atoms with E-state index in [1.54, 1.807) is 6.34 Å². The van der Waals surface area contributed by atoms with Crippen LogP contribution in [-0.2, 0) is 14.6 Å². The largest absolute Gasteiger partial charge is 0.397 e. The van der Waals surface area contributed by atoms with Crippen molar-refractivity contribution < 1.29 is 17.2 Å². The molecular weight excluding hydrogens is 196 g/mol. The van der Waals surface area contributed by atoms with Crippen molar-refractivity contribution in [1.29, 1.82) is 0 Å². The van der Waals surface area contributed by atoms with E-state index in [0.717, 1.165) is 13.1 Å². The Morgan fingerprint density at radius 3 is 2.62 bits per heavy atom. The number of nitrogens with zero attached hydrogens (tertiary/aromatic N) is 1. The zero-order valence-corrected chi connectivity index (χ0v) is 7.83. The van der Waals surface area contributed by atoms with Gasteiger partial charge in [0.25, 0.3) is 0 Å². The smallest absolute Gasteiger partial charge is 0.375 e. The maximum atomic E-state index is 9.68. The molecule has 1 aliphatic rings. The minimum absolute atomic E-state index is 0.196. The lowest BCUT2D eigenvalue weighted by atomic mass is 10.7. The lowest BCUT2D eigenvalue weighted by molar-refractivity contribution is 0.296. The van der Waals surface area contributed by atoms with Crippen LogP contribution in [0.15, 0.2) is 17.6 Å². The second-order valence-electron chi connectivity index (χ2n) is 1.99. The minimum atomic E-state index is -4.26. The van der Waals surface area contributed by atoms with Gasteiger partial charge in [0, 0.05) is 6.54 Å². The van der Waals surface area contributed by atoms with Crippen molar-refractivity contribution in [3.05, 3.63) is 12.7 Å². The van der Waals surface area contributed by atoms with Crippen LogP contribution in [0.3, 0.4) is 0 Å². The van der Waals surface area contributed by atoms with Gasteiger partial charge in [0.1, 0.15) is 0 Å². The van der Waals surface area contributed by atoms with Crippen LogP contribution in [0, 0.1) is 0 Å². The third kappa shape index (κ3) is 11.1. The number of nitrogens with one attached hydrogen (secondary N) is 1. The standard InChI is InChI=1S/C3H6N2.C3H6O4S/c1-2-5-3-4-1;1-2-3-7-8(4,5)6/h3H,1-2H2,(H,4,5);2H,1,3H2,(H,4,5,6). The summed E-state index contributed by atoms with van der Waals surface area (Å²) in [5.74, 6) is 0. The fourth-order valence-electron chi connectivity index (χ4n) is 0.457. The van der Waals surface area contributed by atoms with E-state index in [1.165, 1.54) is 6.08 Å². The number of aliphatic imine (C=N–C) groups is 1. The zero-order valence-electron chi connectivity index (χ0n) is 7.01. The molecule has 0 saturated carbocycles. The molecule has 0 aliphatic carbocycles. The SMILES string of the molecule is C1=NCCN1.C=CCOS(=O)(=O)O. The molecule has 0 atom stereocenters. The summed E-state index contributed by atoms with van der Waals surface area (Å²) in [5, 5.41) is 2.93. The molecular formula is C6H12N2O4S. The molecule has 1 rings (SSSR count). The molecule has 0 radical (unpaired) electrons. The topological polar surface area (TPSA) is 88.0 Å². The van der Waals surface area contributed by atoms with Gasteiger partial charge in [-0.15, -0.1) is 6.58 Å². The molecule has 0 bridgehead atoms. The highest BCUT2D eigenvalue weighted by molar-refractivity contribution is 7.80. The minimum Gasteiger partial charge on any atom is -0.375 e. The first kappa shape index (κ1) is 12.1. The summed E-state index contributed by atoms with van der Waals surface area (Å²) in [4.78, 5) is 3.85. The summed E-state index contributed by atoms with van der Waals surface area (Å²) >= 11 is 0. The van der Waals surface area contributed by atoms with Crippen molar-refractivity contribution in [3.63, 3.8) is 0 Å². The molecule has 0 aromatic heterocycles. The van der Waals surface area contributed by atoms with E-state index >= 15 is 0 Å². The Hall–Kier alpha value is -0.920. The summed E-state index contributed by atoms with van der Waals surface area (Å²) in [6.07, 6.45) is 2.95. The second kappa shape index (κ2) is 6.58. The van der Waals surface area contributed by atoms with Crippen molar-refractivity contribution in [2.75, 3.05) is 19.7 Å². The van der Waals surface area contributed by atoms with Crippen LogP contribution in [0.2, 0.25) is 0 Å². The first-order valence-corrected chi connectivity index (χ1v) is 4.87.